The van der Waals surface area contributed by atoms with Gasteiger partial charge in [-0.25, -0.2) is 18.4 Å². The summed E-state index contributed by atoms with van der Waals surface area (Å²) >= 11 is 0. The third-order valence-electron chi connectivity index (χ3n) is 6.71. The van der Waals surface area contributed by atoms with Crippen molar-refractivity contribution in [3.8, 4) is 22.8 Å². The summed E-state index contributed by atoms with van der Waals surface area (Å²) in [5, 5.41) is 26.8. The van der Waals surface area contributed by atoms with Crippen LogP contribution in [0.1, 0.15) is 41.4 Å². The van der Waals surface area contributed by atoms with Gasteiger partial charge >= 0.3 is 0 Å². The van der Waals surface area contributed by atoms with Gasteiger partial charge < -0.3 is 19.7 Å². The first-order chi connectivity index (χ1) is 19.6. The Hall–Kier alpha value is -3.71. The standard InChI is InChI=1S/C29H35N5O6S/c1-18-8-6-10-22(12-18)29-33-32-25(34(29)26-20(3)9-7-11-24(26)39-5)17-41(37,38)21(4)27(40-16-23(36)15-35)28-30-13-19(2)14-31-28/h6-14,21,23,27,35-36H,15-17H2,1-5H3/t21-,23-,27-/m1/s1. The van der Waals surface area contributed by atoms with Crippen molar-refractivity contribution in [3.63, 3.8) is 0 Å². The van der Waals surface area contributed by atoms with Gasteiger partial charge in [0, 0.05) is 18.0 Å². The Bertz CT molecular complexity index is 1590. The second-order valence-electron chi connectivity index (χ2n) is 9.99. The summed E-state index contributed by atoms with van der Waals surface area (Å²) in [6.45, 7) is 6.35. The number of rotatable bonds is 12. The van der Waals surface area contributed by atoms with Gasteiger partial charge in [0.2, 0.25) is 0 Å². The van der Waals surface area contributed by atoms with E-state index < -0.39 is 39.7 Å². The molecule has 4 rings (SSSR count). The minimum atomic E-state index is -3.98. The van der Waals surface area contributed by atoms with Crippen molar-refractivity contribution < 1.29 is 28.1 Å². The Morgan fingerprint density at radius 2 is 1.71 bits per heavy atom. The van der Waals surface area contributed by atoms with Gasteiger partial charge in [0.15, 0.2) is 27.3 Å². The van der Waals surface area contributed by atoms with E-state index in [9.17, 15) is 18.6 Å². The minimum Gasteiger partial charge on any atom is -0.495 e. The number of ether oxygens (including phenoxy) is 2. The topological polar surface area (TPSA) is 150 Å². The molecule has 12 heteroatoms. The molecule has 0 amide bonds. The van der Waals surface area contributed by atoms with Crippen molar-refractivity contribution >= 4 is 9.84 Å². The van der Waals surface area contributed by atoms with Gasteiger partial charge in [-0.1, -0.05) is 35.9 Å². The Morgan fingerprint density at radius 1 is 1.00 bits per heavy atom. The summed E-state index contributed by atoms with van der Waals surface area (Å²) in [7, 11) is -2.43. The highest BCUT2D eigenvalue weighted by atomic mass is 32.2. The van der Waals surface area contributed by atoms with Gasteiger partial charge in [0.1, 0.15) is 23.7 Å². The largest absolute Gasteiger partial charge is 0.495 e. The van der Waals surface area contributed by atoms with Crippen LogP contribution in [0.3, 0.4) is 0 Å². The Kier molecular flexibility index (Phi) is 9.49. The maximum absolute atomic E-state index is 14.0. The number of nitrogens with zero attached hydrogens (tertiary/aromatic N) is 5. The molecule has 0 radical (unpaired) electrons. The number of hydrogen-bond donors (Lipinski definition) is 2. The van der Waals surface area contributed by atoms with Crippen LogP contribution >= 0.6 is 0 Å². The first-order valence-electron chi connectivity index (χ1n) is 13.1. The minimum absolute atomic E-state index is 0.152. The molecule has 0 unspecified atom stereocenters. The number of methoxy groups -OCH3 is 1. The third kappa shape index (κ3) is 6.79. The van der Waals surface area contributed by atoms with E-state index >= 15 is 0 Å². The monoisotopic (exact) mass is 581 g/mol. The molecule has 11 nitrogen and oxygen atoms in total. The van der Waals surface area contributed by atoms with Crippen LogP contribution in [0.15, 0.2) is 54.9 Å². The first kappa shape index (κ1) is 30.3. The zero-order valence-corrected chi connectivity index (χ0v) is 24.5. The van der Waals surface area contributed by atoms with Crippen LogP contribution in [0.25, 0.3) is 17.1 Å². The number of hydrogen-bond acceptors (Lipinski definition) is 10. The second-order valence-corrected chi connectivity index (χ2v) is 12.3. The van der Waals surface area contributed by atoms with Crippen molar-refractivity contribution in [2.75, 3.05) is 20.3 Å². The molecule has 0 spiro atoms. The van der Waals surface area contributed by atoms with Crippen LogP contribution in [0, 0.1) is 20.8 Å². The summed E-state index contributed by atoms with van der Waals surface area (Å²) in [4.78, 5) is 8.56. The SMILES string of the molecule is COc1cccc(C)c1-n1c(CS(=O)(=O)[C@H](C)[C@@H](OC[C@H](O)CO)c2ncc(C)cn2)nnc1-c1cccc(C)c1. The Morgan fingerprint density at radius 3 is 2.37 bits per heavy atom. The molecule has 0 fully saturated rings. The predicted molar refractivity (Wildman–Crippen MR) is 153 cm³/mol. The number of sulfone groups is 1. The molecule has 2 N–H and O–H groups in total. The predicted octanol–water partition coefficient (Wildman–Crippen LogP) is 3.07. The van der Waals surface area contributed by atoms with Gasteiger partial charge in [0.25, 0.3) is 0 Å². The average molecular weight is 582 g/mol. The molecule has 0 aliphatic heterocycles. The summed E-state index contributed by atoms with van der Waals surface area (Å²) < 4.78 is 41.1. The smallest absolute Gasteiger partial charge is 0.168 e. The van der Waals surface area contributed by atoms with Gasteiger partial charge in [0.05, 0.1) is 31.3 Å². The fourth-order valence-corrected chi connectivity index (χ4v) is 5.82. The number of para-hydroxylation sites is 1. The Labute approximate surface area is 239 Å². The molecule has 0 bridgehead atoms. The van der Waals surface area contributed by atoms with Gasteiger partial charge in [-0.2, -0.15) is 0 Å². The quantitative estimate of drug-likeness (QED) is 0.256. The number of aliphatic hydroxyl groups excluding tert-OH is 2. The van der Waals surface area contributed by atoms with Crippen molar-refractivity contribution in [1.29, 1.82) is 0 Å². The lowest BCUT2D eigenvalue weighted by molar-refractivity contribution is -0.0324. The van der Waals surface area contributed by atoms with E-state index in [0.29, 0.717) is 17.3 Å². The molecule has 41 heavy (non-hydrogen) atoms. The van der Waals surface area contributed by atoms with Crippen LogP contribution < -0.4 is 4.74 Å². The maximum Gasteiger partial charge on any atom is 0.168 e. The van der Waals surface area contributed by atoms with Crippen LogP contribution in [-0.4, -0.2) is 75.0 Å². The molecule has 4 aromatic rings. The van der Waals surface area contributed by atoms with Crippen LogP contribution in [0.5, 0.6) is 5.75 Å². The van der Waals surface area contributed by atoms with Crippen LogP contribution in [-0.2, 0) is 20.3 Å². The van der Waals surface area contributed by atoms with Crippen molar-refractivity contribution in [2.45, 2.75) is 50.9 Å². The maximum atomic E-state index is 14.0. The average Bonchev–Trinajstić information content (AvgIpc) is 3.35. The van der Waals surface area contributed by atoms with E-state index in [0.717, 1.165) is 22.3 Å². The molecule has 218 valence electrons. The van der Waals surface area contributed by atoms with Gasteiger partial charge in [-0.3, -0.25) is 4.57 Å². The zero-order chi connectivity index (χ0) is 29.7. The molecular weight excluding hydrogens is 546 g/mol. The molecule has 0 aliphatic carbocycles. The number of aliphatic hydroxyl groups is 2. The molecule has 3 atom stereocenters. The molecular formula is C29H35N5O6S. The van der Waals surface area contributed by atoms with Crippen LogP contribution in [0.2, 0.25) is 0 Å². The molecule has 0 saturated carbocycles. The van der Waals surface area contributed by atoms with E-state index in [2.05, 4.69) is 20.2 Å². The lowest BCUT2D eigenvalue weighted by atomic mass is 10.1. The first-order valence-corrected chi connectivity index (χ1v) is 14.8. The van der Waals surface area contributed by atoms with Gasteiger partial charge in [-0.15, -0.1) is 10.2 Å². The van der Waals surface area contributed by atoms with E-state index in [1.165, 1.54) is 6.92 Å². The molecule has 2 heterocycles. The zero-order valence-electron chi connectivity index (χ0n) is 23.7. The van der Waals surface area contributed by atoms with E-state index in [-0.39, 0.29) is 18.3 Å². The number of aryl methyl sites for hydroxylation is 3. The molecule has 0 saturated heterocycles. The normalized spacial score (nSPS) is 14.0. The highest BCUT2D eigenvalue weighted by Gasteiger charge is 2.36. The highest BCUT2D eigenvalue weighted by molar-refractivity contribution is 7.91. The summed E-state index contributed by atoms with van der Waals surface area (Å²) in [5.41, 5.74) is 4.06. The summed E-state index contributed by atoms with van der Waals surface area (Å²) in [5.74, 6) is 0.885. The Balaban J connectivity index is 1.80. The second kappa shape index (κ2) is 12.9. The summed E-state index contributed by atoms with van der Waals surface area (Å²) in [6, 6.07) is 13.3. The summed E-state index contributed by atoms with van der Waals surface area (Å²) in [6.07, 6.45) is 0.833. The molecule has 0 aliphatic rings. The third-order valence-corrected chi connectivity index (χ3v) is 8.75. The fraction of sp³-hybridized carbons (Fsp3) is 0.379. The van der Waals surface area contributed by atoms with E-state index in [1.54, 1.807) is 30.1 Å². The lowest BCUT2D eigenvalue weighted by Gasteiger charge is -2.24. The number of aromatic nitrogens is 5. The van der Waals surface area contributed by atoms with Gasteiger partial charge in [-0.05, 0) is 51.0 Å². The van der Waals surface area contributed by atoms with Crippen molar-refractivity contribution in [1.82, 2.24) is 24.7 Å². The van der Waals surface area contributed by atoms with Crippen molar-refractivity contribution in [3.05, 3.63) is 83.2 Å². The fourth-order valence-electron chi connectivity index (χ4n) is 4.44. The van der Waals surface area contributed by atoms with Crippen LogP contribution in [0.4, 0.5) is 0 Å². The van der Waals surface area contributed by atoms with Crippen molar-refractivity contribution in [2.24, 2.45) is 0 Å². The van der Waals surface area contributed by atoms with E-state index in [1.807, 2.05) is 57.2 Å². The highest BCUT2D eigenvalue weighted by Crippen LogP contribution is 2.34. The molecule has 2 aromatic heterocycles. The van der Waals surface area contributed by atoms with E-state index in [4.69, 9.17) is 9.47 Å². The number of benzene rings is 2. The molecule has 2 aromatic carbocycles. The lowest BCUT2D eigenvalue weighted by Crippen LogP contribution is -2.33.